The Kier molecular flexibility index (Phi) is 5.64. The van der Waals surface area contributed by atoms with Crippen LogP contribution in [0.25, 0.3) is 0 Å². The molecule has 28 heavy (non-hydrogen) atoms. The number of fused-ring (bicyclic) bond motifs is 1. The largest absolute Gasteiger partial charge is 0.322 e. The average molecular weight is 401 g/mol. The lowest BCUT2D eigenvalue weighted by Crippen LogP contribution is -2.40. The Labute approximate surface area is 167 Å². The molecule has 6 heteroatoms. The molecule has 0 fully saturated rings. The summed E-state index contributed by atoms with van der Waals surface area (Å²) >= 11 is 0. The van der Waals surface area contributed by atoms with Gasteiger partial charge in [0, 0.05) is 16.8 Å². The molecule has 5 nitrogen and oxygen atoms in total. The molecule has 1 aliphatic rings. The molecule has 3 rings (SSSR count). The highest BCUT2D eigenvalue weighted by Crippen LogP contribution is 2.28. The first-order valence-corrected chi connectivity index (χ1v) is 11.1. The molecule has 0 atom stereocenters. The predicted molar refractivity (Wildman–Crippen MR) is 112 cm³/mol. The van der Waals surface area contributed by atoms with Crippen molar-refractivity contribution in [2.24, 2.45) is 0 Å². The van der Waals surface area contributed by atoms with Gasteiger partial charge >= 0.3 is 0 Å². The monoisotopic (exact) mass is 400 g/mol. The fourth-order valence-electron chi connectivity index (χ4n) is 3.56. The van der Waals surface area contributed by atoms with Crippen LogP contribution in [0.3, 0.4) is 0 Å². The van der Waals surface area contributed by atoms with Crippen molar-refractivity contribution < 1.29 is 13.2 Å². The Balaban J connectivity index is 1.91. The van der Waals surface area contributed by atoms with Crippen LogP contribution < -0.4 is 10.0 Å². The average Bonchev–Trinajstić information content (AvgIpc) is 2.60. The van der Waals surface area contributed by atoms with Crippen molar-refractivity contribution in [2.45, 2.75) is 63.8 Å². The fraction of sp³-hybridized carbons (Fsp3) is 0.409. The molecule has 1 aliphatic carbocycles. The van der Waals surface area contributed by atoms with Gasteiger partial charge < -0.3 is 5.32 Å². The minimum absolute atomic E-state index is 0.0910. The normalized spacial score (nSPS) is 14.4. The number of aryl methyl sites for hydroxylation is 2. The van der Waals surface area contributed by atoms with Crippen molar-refractivity contribution >= 4 is 21.6 Å². The highest BCUT2D eigenvalue weighted by Gasteiger charge is 2.24. The zero-order valence-corrected chi connectivity index (χ0v) is 17.7. The van der Waals surface area contributed by atoms with Crippen molar-refractivity contribution in [3.05, 3.63) is 58.7 Å². The summed E-state index contributed by atoms with van der Waals surface area (Å²) in [7, 11) is -3.71. The lowest BCUT2D eigenvalue weighted by Gasteiger charge is -2.21. The van der Waals surface area contributed by atoms with Crippen LogP contribution in [0.5, 0.6) is 0 Å². The number of anilines is 1. The van der Waals surface area contributed by atoms with E-state index in [9.17, 15) is 13.2 Å². The highest BCUT2D eigenvalue weighted by molar-refractivity contribution is 7.89. The zero-order chi connectivity index (χ0) is 20.5. The Hall–Kier alpha value is -2.18. The van der Waals surface area contributed by atoms with Gasteiger partial charge in [0.2, 0.25) is 10.0 Å². The lowest BCUT2D eigenvalue weighted by atomic mass is 9.90. The van der Waals surface area contributed by atoms with Crippen molar-refractivity contribution in [2.75, 3.05) is 5.32 Å². The molecule has 1 amide bonds. The van der Waals surface area contributed by atoms with E-state index >= 15 is 0 Å². The molecule has 0 unspecified atom stereocenters. The maximum absolute atomic E-state index is 13.0. The third-order valence-corrected chi connectivity index (χ3v) is 6.60. The number of rotatable bonds is 4. The Morgan fingerprint density at radius 3 is 2.46 bits per heavy atom. The second-order valence-corrected chi connectivity index (χ2v) is 10.1. The Bertz CT molecular complexity index is 1000. The number of benzene rings is 2. The van der Waals surface area contributed by atoms with Crippen LogP contribution in [0.2, 0.25) is 0 Å². The van der Waals surface area contributed by atoms with Crippen LogP contribution in [0.15, 0.2) is 41.3 Å². The summed E-state index contributed by atoms with van der Waals surface area (Å²) in [5.41, 5.74) is 3.80. The molecule has 0 saturated heterocycles. The molecule has 0 heterocycles. The molecule has 0 bridgehead atoms. The number of hydrogen-bond donors (Lipinski definition) is 2. The molecule has 0 saturated carbocycles. The highest BCUT2D eigenvalue weighted by atomic mass is 32.2. The summed E-state index contributed by atoms with van der Waals surface area (Å²) in [5.74, 6) is -0.288. The van der Waals surface area contributed by atoms with Crippen molar-refractivity contribution in [3.8, 4) is 0 Å². The summed E-state index contributed by atoms with van der Waals surface area (Å²) < 4.78 is 27.9. The number of amides is 1. The second-order valence-electron chi connectivity index (χ2n) is 8.44. The third-order valence-electron chi connectivity index (χ3n) is 4.85. The van der Waals surface area contributed by atoms with E-state index in [0.717, 1.165) is 30.5 Å². The van der Waals surface area contributed by atoms with Crippen LogP contribution in [-0.4, -0.2) is 19.9 Å². The van der Waals surface area contributed by atoms with Crippen LogP contribution in [0.4, 0.5) is 5.69 Å². The van der Waals surface area contributed by atoms with Gasteiger partial charge in [0.05, 0.1) is 4.90 Å². The van der Waals surface area contributed by atoms with Gasteiger partial charge in [-0.25, -0.2) is 13.1 Å². The molecule has 2 N–H and O–H groups in total. The molecule has 150 valence electrons. The maximum atomic E-state index is 13.0. The molecule has 2 aromatic rings. The molecule has 2 aromatic carbocycles. The van der Waals surface area contributed by atoms with Gasteiger partial charge in [0.25, 0.3) is 5.91 Å². The third kappa shape index (κ3) is 4.62. The van der Waals surface area contributed by atoms with Gasteiger partial charge in [-0.3, -0.25) is 4.79 Å². The zero-order valence-electron chi connectivity index (χ0n) is 16.9. The van der Waals surface area contributed by atoms with E-state index in [4.69, 9.17) is 0 Å². The van der Waals surface area contributed by atoms with Gasteiger partial charge in [-0.05, 0) is 88.3 Å². The second kappa shape index (κ2) is 7.68. The van der Waals surface area contributed by atoms with Gasteiger partial charge in [-0.1, -0.05) is 18.2 Å². The van der Waals surface area contributed by atoms with E-state index in [1.54, 1.807) is 26.8 Å². The van der Waals surface area contributed by atoms with Crippen LogP contribution in [0, 0.1) is 6.92 Å². The minimum Gasteiger partial charge on any atom is -0.322 e. The first-order valence-electron chi connectivity index (χ1n) is 9.63. The van der Waals surface area contributed by atoms with E-state index in [1.807, 2.05) is 19.1 Å². The van der Waals surface area contributed by atoms with E-state index < -0.39 is 15.6 Å². The smallest absolute Gasteiger partial charge is 0.255 e. The molecule has 0 radical (unpaired) electrons. The molecular weight excluding hydrogens is 372 g/mol. The first kappa shape index (κ1) is 20.6. The summed E-state index contributed by atoms with van der Waals surface area (Å²) in [5, 5.41) is 3.00. The van der Waals surface area contributed by atoms with Gasteiger partial charge in [0.15, 0.2) is 0 Å². The Morgan fingerprint density at radius 1 is 1.04 bits per heavy atom. The van der Waals surface area contributed by atoms with Gasteiger partial charge in [-0.2, -0.15) is 0 Å². The van der Waals surface area contributed by atoms with Crippen LogP contribution >= 0.6 is 0 Å². The van der Waals surface area contributed by atoms with Crippen LogP contribution in [-0.2, 0) is 22.9 Å². The van der Waals surface area contributed by atoms with E-state index in [2.05, 4.69) is 16.1 Å². The summed E-state index contributed by atoms with van der Waals surface area (Å²) in [6.45, 7) is 7.16. The number of carbonyl (C=O) groups excluding carboxylic acids is 1. The standard InChI is InChI=1S/C22H28N2O3S/c1-15-12-13-17(28(26,27)24-22(2,3)4)14-19(15)21(25)23-20-11-7-9-16-8-5-6-10-18(16)20/h7,9,11-14,24H,5-6,8,10H2,1-4H3,(H,23,25). The molecule has 0 spiro atoms. The van der Waals surface area contributed by atoms with E-state index in [0.29, 0.717) is 5.56 Å². The first-order chi connectivity index (χ1) is 13.1. The van der Waals surface area contributed by atoms with E-state index in [-0.39, 0.29) is 10.8 Å². The van der Waals surface area contributed by atoms with Crippen molar-refractivity contribution in [1.29, 1.82) is 0 Å². The summed E-state index contributed by atoms with van der Waals surface area (Å²) in [4.78, 5) is 13.0. The molecule has 0 aromatic heterocycles. The van der Waals surface area contributed by atoms with Crippen molar-refractivity contribution in [3.63, 3.8) is 0 Å². The SMILES string of the molecule is Cc1ccc(S(=O)(=O)NC(C)(C)C)cc1C(=O)Nc1cccc2c1CCCC2. The number of sulfonamides is 1. The lowest BCUT2D eigenvalue weighted by molar-refractivity contribution is 0.102. The fourth-order valence-corrected chi connectivity index (χ4v) is 5.01. The minimum atomic E-state index is -3.71. The predicted octanol–water partition coefficient (Wildman–Crippen LogP) is 4.20. The number of nitrogens with one attached hydrogen (secondary N) is 2. The quantitative estimate of drug-likeness (QED) is 0.807. The number of carbonyl (C=O) groups is 1. The van der Waals surface area contributed by atoms with Gasteiger partial charge in [-0.15, -0.1) is 0 Å². The number of hydrogen-bond acceptors (Lipinski definition) is 3. The topological polar surface area (TPSA) is 75.3 Å². The molecule has 0 aliphatic heterocycles. The summed E-state index contributed by atoms with van der Waals surface area (Å²) in [6.07, 6.45) is 4.27. The summed E-state index contributed by atoms with van der Waals surface area (Å²) in [6, 6.07) is 10.6. The van der Waals surface area contributed by atoms with E-state index in [1.165, 1.54) is 29.7 Å². The molecular formula is C22H28N2O3S. The maximum Gasteiger partial charge on any atom is 0.255 e. The van der Waals surface area contributed by atoms with Crippen molar-refractivity contribution in [1.82, 2.24) is 4.72 Å². The van der Waals surface area contributed by atoms with Crippen LogP contribution in [0.1, 0.15) is 60.7 Å². The van der Waals surface area contributed by atoms with Gasteiger partial charge in [0.1, 0.15) is 0 Å². The Morgan fingerprint density at radius 2 is 1.75 bits per heavy atom.